The summed E-state index contributed by atoms with van der Waals surface area (Å²) in [4.78, 5) is 24.0. The van der Waals surface area contributed by atoms with Crippen LogP contribution in [0.4, 0.5) is 0 Å². The monoisotopic (exact) mass is 182 g/mol. The molecule has 1 heterocycles. The third-order valence-electron chi connectivity index (χ3n) is 2.11. The largest absolute Gasteiger partial charge is 0.355 e. The van der Waals surface area contributed by atoms with E-state index in [-0.39, 0.29) is 17.7 Å². The molecule has 1 unspecified atom stereocenters. The second kappa shape index (κ2) is 4.07. The molecule has 2 amide bonds. The van der Waals surface area contributed by atoms with E-state index in [9.17, 15) is 9.59 Å². The van der Waals surface area contributed by atoms with Crippen LogP contribution in [0.1, 0.15) is 6.42 Å². The minimum absolute atomic E-state index is 0.0123. The van der Waals surface area contributed by atoms with Gasteiger partial charge in [0.15, 0.2) is 0 Å². The lowest BCUT2D eigenvalue weighted by Crippen LogP contribution is -2.33. The minimum atomic E-state index is -0.183. The van der Waals surface area contributed by atoms with Crippen LogP contribution in [0.2, 0.25) is 0 Å². The molecule has 4 nitrogen and oxygen atoms in total. The van der Waals surface area contributed by atoms with Gasteiger partial charge in [-0.05, 0) is 0 Å². The van der Waals surface area contributed by atoms with Crippen molar-refractivity contribution in [2.24, 2.45) is 5.92 Å². The standard InChI is InChI=1S/C9H14N2O2/c1-3-4-11(2)9(13)7-5-8(12)10-6-7/h3,7H,1,4-6H2,2H3,(H,10,12). The molecule has 1 aliphatic heterocycles. The Morgan fingerprint density at radius 2 is 2.54 bits per heavy atom. The third-order valence-corrected chi connectivity index (χ3v) is 2.11. The minimum Gasteiger partial charge on any atom is -0.355 e. The van der Waals surface area contributed by atoms with Crippen LogP contribution in [-0.4, -0.2) is 36.9 Å². The van der Waals surface area contributed by atoms with E-state index in [0.29, 0.717) is 19.5 Å². The lowest BCUT2D eigenvalue weighted by Gasteiger charge is -2.17. The van der Waals surface area contributed by atoms with Gasteiger partial charge in [0.2, 0.25) is 11.8 Å². The normalized spacial score (nSPS) is 21.0. The zero-order chi connectivity index (χ0) is 9.84. The molecule has 0 radical (unpaired) electrons. The van der Waals surface area contributed by atoms with Crippen LogP contribution in [-0.2, 0) is 9.59 Å². The Balaban J connectivity index is 2.47. The molecule has 13 heavy (non-hydrogen) atoms. The van der Waals surface area contributed by atoms with Crippen molar-refractivity contribution >= 4 is 11.8 Å². The Kier molecular flexibility index (Phi) is 3.06. The van der Waals surface area contributed by atoms with Gasteiger partial charge < -0.3 is 10.2 Å². The summed E-state index contributed by atoms with van der Waals surface area (Å²) in [6, 6.07) is 0. The molecule has 1 fully saturated rings. The van der Waals surface area contributed by atoms with Crippen LogP contribution in [0, 0.1) is 5.92 Å². The molecule has 0 spiro atoms. The molecular formula is C9H14N2O2. The maximum Gasteiger partial charge on any atom is 0.228 e. The molecule has 0 aromatic carbocycles. The summed E-state index contributed by atoms with van der Waals surface area (Å²) in [6.07, 6.45) is 1.99. The van der Waals surface area contributed by atoms with Crippen LogP contribution >= 0.6 is 0 Å². The van der Waals surface area contributed by atoms with Gasteiger partial charge in [-0.3, -0.25) is 9.59 Å². The fourth-order valence-electron chi connectivity index (χ4n) is 1.38. The fraction of sp³-hybridized carbons (Fsp3) is 0.556. The van der Waals surface area contributed by atoms with Crippen molar-refractivity contribution in [3.63, 3.8) is 0 Å². The summed E-state index contributed by atoms with van der Waals surface area (Å²) in [5.41, 5.74) is 0. The summed E-state index contributed by atoms with van der Waals surface area (Å²) < 4.78 is 0. The number of rotatable bonds is 3. The van der Waals surface area contributed by atoms with Crippen LogP contribution in [0.15, 0.2) is 12.7 Å². The smallest absolute Gasteiger partial charge is 0.228 e. The third kappa shape index (κ3) is 2.31. The molecule has 1 rings (SSSR count). The Labute approximate surface area is 77.6 Å². The SMILES string of the molecule is C=CCN(C)C(=O)C1CNC(=O)C1. The van der Waals surface area contributed by atoms with E-state index in [1.54, 1.807) is 18.0 Å². The van der Waals surface area contributed by atoms with Crippen molar-refractivity contribution in [1.82, 2.24) is 10.2 Å². The van der Waals surface area contributed by atoms with Crippen LogP contribution in [0.3, 0.4) is 0 Å². The van der Waals surface area contributed by atoms with Gasteiger partial charge in [-0.2, -0.15) is 0 Å². The maximum absolute atomic E-state index is 11.6. The Hall–Kier alpha value is -1.32. The molecule has 0 aromatic heterocycles. The van der Waals surface area contributed by atoms with E-state index in [4.69, 9.17) is 0 Å². The summed E-state index contributed by atoms with van der Waals surface area (Å²) in [5, 5.41) is 2.64. The lowest BCUT2D eigenvalue weighted by molar-refractivity contribution is -0.134. The number of nitrogens with one attached hydrogen (secondary N) is 1. The van der Waals surface area contributed by atoms with Gasteiger partial charge in [-0.15, -0.1) is 6.58 Å². The Bertz CT molecular complexity index is 238. The van der Waals surface area contributed by atoms with Crippen molar-refractivity contribution in [1.29, 1.82) is 0 Å². The number of carbonyl (C=O) groups excluding carboxylic acids is 2. The summed E-state index contributed by atoms with van der Waals surface area (Å²) >= 11 is 0. The van der Waals surface area contributed by atoms with Crippen molar-refractivity contribution < 1.29 is 9.59 Å². The number of likely N-dealkylation sites (N-methyl/N-ethyl adjacent to an activating group) is 1. The van der Waals surface area contributed by atoms with Gasteiger partial charge in [0, 0.05) is 26.6 Å². The highest BCUT2D eigenvalue weighted by molar-refractivity contribution is 5.89. The molecular weight excluding hydrogens is 168 g/mol. The second-order valence-corrected chi connectivity index (χ2v) is 3.21. The van der Waals surface area contributed by atoms with Gasteiger partial charge in [-0.25, -0.2) is 0 Å². The van der Waals surface area contributed by atoms with Crippen LogP contribution in [0.5, 0.6) is 0 Å². The quantitative estimate of drug-likeness (QED) is 0.613. The van der Waals surface area contributed by atoms with Gasteiger partial charge in [0.05, 0.1) is 5.92 Å². The molecule has 1 aliphatic rings. The van der Waals surface area contributed by atoms with E-state index in [1.807, 2.05) is 0 Å². The summed E-state index contributed by atoms with van der Waals surface area (Å²) in [7, 11) is 1.72. The first-order valence-corrected chi connectivity index (χ1v) is 4.27. The maximum atomic E-state index is 11.6. The molecule has 0 aliphatic carbocycles. The molecule has 1 atom stereocenters. The number of carbonyl (C=O) groups is 2. The molecule has 0 aromatic rings. The van der Waals surface area contributed by atoms with Gasteiger partial charge in [0.1, 0.15) is 0 Å². The molecule has 1 N–H and O–H groups in total. The first-order chi connectivity index (χ1) is 6.15. The van der Waals surface area contributed by atoms with E-state index in [2.05, 4.69) is 11.9 Å². The van der Waals surface area contributed by atoms with Crippen LogP contribution in [0.25, 0.3) is 0 Å². The number of hydrogen-bond donors (Lipinski definition) is 1. The Morgan fingerprint density at radius 1 is 1.85 bits per heavy atom. The molecule has 0 saturated carbocycles. The second-order valence-electron chi connectivity index (χ2n) is 3.21. The Morgan fingerprint density at radius 3 is 3.00 bits per heavy atom. The van der Waals surface area contributed by atoms with Crippen molar-refractivity contribution in [2.75, 3.05) is 20.1 Å². The molecule has 4 heteroatoms. The average Bonchev–Trinajstić information content (AvgIpc) is 2.51. The summed E-state index contributed by atoms with van der Waals surface area (Å²) in [6.45, 7) is 4.55. The average molecular weight is 182 g/mol. The summed E-state index contributed by atoms with van der Waals surface area (Å²) in [5.74, 6) is -0.207. The van der Waals surface area contributed by atoms with Gasteiger partial charge in [0.25, 0.3) is 0 Å². The fourth-order valence-corrected chi connectivity index (χ4v) is 1.38. The van der Waals surface area contributed by atoms with E-state index < -0.39 is 0 Å². The van der Waals surface area contributed by atoms with Crippen molar-refractivity contribution in [2.45, 2.75) is 6.42 Å². The van der Waals surface area contributed by atoms with Crippen molar-refractivity contribution in [3.8, 4) is 0 Å². The number of hydrogen-bond acceptors (Lipinski definition) is 2. The first kappa shape index (κ1) is 9.77. The predicted molar refractivity (Wildman–Crippen MR) is 49.0 cm³/mol. The predicted octanol–water partition coefficient (Wildman–Crippen LogP) is -0.233. The highest BCUT2D eigenvalue weighted by Crippen LogP contribution is 2.11. The highest BCUT2D eigenvalue weighted by Gasteiger charge is 2.29. The topological polar surface area (TPSA) is 49.4 Å². The van der Waals surface area contributed by atoms with E-state index >= 15 is 0 Å². The van der Waals surface area contributed by atoms with Gasteiger partial charge >= 0.3 is 0 Å². The molecule has 72 valence electrons. The lowest BCUT2D eigenvalue weighted by atomic mass is 10.1. The van der Waals surface area contributed by atoms with Gasteiger partial charge in [-0.1, -0.05) is 6.08 Å². The molecule has 1 saturated heterocycles. The first-order valence-electron chi connectivity index (χ1n) is 4.27. The molecule has 0 bridgehead atoms. The van der Waals surface area contributed by atoms with Crippen molar-refractivity contribution in [3.05, 3.63) is 12.7 Å². The van der Waals surface area contributed by atoms with Crippen LogP contribution < -0.4 is 5.32 Å². The zero-order valence-corrected chi connectivity index (χ0v) is 7.75. The number of nitrogens with zero attached hydrogens (tertiary/aromatic N) is 1. The van der Waals surface area contributed by atoms with E-state index in [0.717, 1.165) is 0 Å². The van der Waals surface area contributed by atoms with E-state index in [1.165, 1.54) is 0 Å². The highest BCUT2D eigenvalue weighted by atomic mass is 16.2. The zero-order valence-electron chi connectivity index (χ0n) is 7.75. The number of amides is 2.